The Labute approximate surface area is 104 Å². The van der Waals surface area contributed by atoms with Crippen LogP contribution < -0.4 is 5.32 Å². The Morgan fingerprint density at radius 1 is 1.18 bits per heavy atom. The summed E-state index contributed by atoms with van der Waals surface area (Å²) in [5.74, 6) is 0.591. The molecule has 0 aromatic heterocycles. The third-order valence-corrected chi connectivity index (χ3v) is 3.68. The molecule has 0 aliphatic carbocycles. The maximum atomic E-state index is 6.02. The molecule has 1 aliphatic rings. The average molecular weight is 233 g/mol. The summed E-state index contributed by atoms with van der Waals surface area (Å²) in [5, 5.41) is 3.49. The highest BCUT2D eigenvalue weighted by atomic mass is 16.5. The molecule has 2 heteroatoms. The Balaban J connectivity index is 2.07. The molecule has 0 spiro atoms. The highest BCUT2D eigenvalue weighted by Crippen LogP contribution is 2.25. The summed E-state index contributed by atoms with van der Waals surface area (Å²) in [5.41, 5.74) is 2.67. The average Bonchev–Trinajstić information content (AvgIpc) is 2.33. The zero-order valence-corrected chi connectivity index (χ0v) is 11.2. The lowest BCUT2D eigenvalue weighted by atomic mass is 9.99. The van der Waals surface area contributed by atoms with E-state index >= 15 is 0 Å². The molecule has 0 radical (unpaired) electrons. The first-order valence-corrected chi connectivity index (χ1v) is 6.56. The smallest absolute Gasteiger partial charge is 0.0953 e. The van der Waals surface area contributed by atoms with Crippen LogP contribution in [0.5, 0.6) is 0 Å². The van der Waals surface area contributed by atoms with Crippen molar-refractivity contribution in [2.24, 2.45) is 0 Å². The molecule has 3 atom stereocenters. The van der Waals surface area contributed by atoms with Gasteiger partial charge in [-0.15, -0.1) is 0 Å². The Hall–Kier alpha value is -0.860. The van der Waals surface area contributed by atoms with E-state index in [0.29, 0.717) is 12.0 Å². The Kier molecular flexibility index (Phi) is 3.85. The van der Waals surface area contributed by atoms with Gasteiger partial charge in [0.1, 0.15) is 0 Å². The van der Waals surface area contributed by atoms with Crippen LogP contribution in [0.15, 0.2) is 24.3 Å². The van der Waals surface area contributed by atoms with E-state index in [0.717, 1.165) is 6.54 Å². The Morgan fingerprint density at radius 2 is 1.82 bits per heavy atom. The van der Waals surface area contributed by atoms with Crippen LogP contribution in [0.25, 0.3) is 0 Å². The van der Waals surface area contributed by atoms with Crippen molar-refractivity contribution >= 4 is 0 Å². The summed E-state index contributed by atoms with van der Waals surface area (Å²) in [6.07, 6.45) is 0.473. The molecule has 3 unspecified atom stereocenters. The molecule has 1 heterocycles. The minimum atomic E-state index is 0.197. The third kappa shape index (κ3) is 2.88. The summed E-state index contributed by atoms with van der Waals surface area (Å²) in [7, 11) is 0. The minimum absolute atomic E-state index is 0.197. The standard InChI is InChI=1S/C15H23NO/c1-10(2)13-5-7-14(8-6-13)15-9-16-11(3)12(4)17-15/h5-8,10-12,15-16H,9H2,1-4H3. The van der Waals surface area contributed by atoms with E-state index in [1.54, 1.807) is 0 Å². The first kappa shape index (κ1) is 12.6. The molecule has 2 rings (SSSR count). The maximum Gasteiger partial charge on any atom is 0.0953 e. The summed E-state index contributed by atoms with van der Waals surface area (Å²) in [6.45, 7) is 9.65. The summed E-state index contributed by atoms with van der Waals surface area (Å²) >= 11 is 0. The van der Waals surface area contributed by atoms with Crippen LogP contribution in [0.2, 0.25) is 0 Å². The molecule has 1 fully saturated rings. The van der Waals surface area contributed by atoms with E-state index in [9.17, 15) is 0 Å². The van der Waals surface area contributed by atoms with Crippen molar-refractivity contribution in [3.05, 3.63) is 35.4 Å². The second-order valence-electron chi connectivity index (χ2n) is 5.35. The number of morpholine rings is 1. The van der Waals surface area contributed by atoms with Gasteiger partial charge in [0, 0.05) is 12.6 Å². The van der Waals surface area contributed by atoms with Crippen LogP contribution in [0.1, 0.15) is 50.8 Å². The molecule has 1 aromatic rings. The van der Waals surface area contributed by atoms with E-state index in [4.69, 9.17) is 4.74 Å². The molecule has 17 heavy (non-hydrogen) atoms. The van der Waals surface area contributed by atoms with Gasteiger partial charge in [-0.1, -0.05) is 38.1 Å². The topological polar surface area (TPSA) is 21.3 Å². The summed E-state index contributed by atoms with van der Waals surface area (Å²) < 4.78 is 6.02. The fraction of sp³-hybridized carbons (Fsp3) is 0.600. The van der Waals surface area contributed by atoms with Gasteiger partial charge in [0.05, 0.1) is 12.2 Å². The van der Waals surface area contributed by atoms with Crippen LogP contribution >= 0.6 is 0 Å². The Bertz CT molecular complexity index is 358. The van der Waals surface area contributed by atoms with E-state index in [-0.39, 0.29) is 12.2 Å². The molecule has 0 amide bonds. The molecule has 1 saturated heterocycles. The van der Waals surface area contributed by atoms with Gasteiger partial charge in [-0.2, -0.15) is 0 Å². The number of nitrogens with one attached hydrogen (secondary N) is 1. The largest absolute Gasteiger partial charge is 0.368 e. The van der Waals surface area contributed by atoms with E-state index in [1.807, 2.05) is 0 Å². The molecule has 1 aliphatic heterocycles. The SMILES string of the molecule is CC(C)c1ccc(C2CNC(C)C(C)O2)cc1. The van der Waals surface area contributed by atoms with Gasteiger partial charge in [0.2, 0.25) is 0 Å². The van der Waals surface area contributed by atoms with E-state index in [1.165, 1.54) is 11.1 Å². The fourth-order valence-electron chi connectivity index (χ4n) is 2.18. The van der Waals surface area contributed by atoms with Crippen LogP contribution in [-0.4, -0.2) is 18.7 Å². The van der Waals surface area contributed by atoms with Gasteiger partial charge in [0.15, 0.2) is 0 Å². The summed E-state index contributed by atoms with van der Waals surface area (Å²) in [4.78, 5) is 0. The number of ether oxygens (including phenoxy) is 1. The Morgan fingerprint density at radius 3 is 2.35 bits per heavy atom. The molecule has 94 valence electrons. The molecule has 1 aromatic carbocycles. The van der Waals surface area contributed by atoms with Gasteiger partial charge in [0.25, 0.3) is 0 Å². The van der Waals surface area contributed by atoms with Crippen molar-refractivity contribution in [1.29, 1.82) is 0 Å². The summed E-state index contributed by atoms with van der Waals surface area (Å²) in [6, 6.07) is 9.27. The van der Waals surface area contributed by atoms with Crippen molar-refractivity contribution in [2.45, 2.75) is 51.9 Å². The first-order valence-electron chi connectivity index (χ1n) is 6.56. The normalized spacial score (nSPS) is 29.6. The lowest BCUT2D eigenvalue weighted by Gasteiger charge is -2.34. The van der Waals surface area contributed by atoms with Crippen LogP contribution in [0.3, 0.4) is 0 Å². The first-order chi connectivity index (χ1) is 8.08. The number of rotatable bonds is 2. The van der Waals surface area contributed by atoms with Crippen molar-refractivity contribution in [1.82, 2.24) is 5.32 Å². The predicted molar refractivity (Wildman–Crippen MR) is 71.3 cm³/mol. The molecular weight excluding hydrogens is 210 g/mol. The zero-order chi connectivity index (χ0) is 12.4. The van der Waals surface area contributed by atoms with E-state index in [2.05, 4.69) is 57.3 Å². The van der Waals surface area contributed by atoms with Gasteiger partial charge >= 0.3 is 0 Å². The van der Waals surface area contributed by atoms with Crippen LogP contribution in [0.4, 0.5) is 0 Å². The number of benzene rings is 1. The van der Waals surface area contributed by atoms with Crippen molar-refractivity contribution in [3.8, 4) is 0 Å². The van der Waals surface area contributed by atoms with Crippen LogP contribution in [0, 0.1) is 0 Å². The predicted octanol–water partition coefficient (Wildman–Crippen LogP) is 3.25. The quantitative estimate of drug-likeness (QED) is 0.846. The second kappa shape index (κ2) is 5.19. The molecule has 0 bridgehead atoms. The third-order valence-electron chi connectivity index (χ3n) is 3.68. The van der Waals surface area contributed by atoms with E-state index < -0.39 is 0 Å². The molecular formula is C15H23NO. The highest BCUT2D eigenvalue weighted by Gasteiger charge is 2.25. The molecule has 0 saturated carbocycles. The lowest BCUT2D eigenvalue weighted by Crippen LogP contribution is -2.46. The van der Waals surface area contributed by atoms with Crippen molar-refractivity contribution in [3.63, 3.8) is 0 Å². The number of hydrogen-bond donors (Lipinski definition) is 1. The van der Waals surface area contributed by atoms with Gasteiger partial charge in [-0.05, 0) is 30.9 Å². The minimum Gasteiger partial charge on any atom is -0.368 e. The van der Waals surface area contributed by atoms with Crippen molar-refractivity contribution in [2.75, 3.05) is 6.54 Å². The lowest BCUT2D eigenvalue weighted by molar-refractivity contribution is -0.0508. The monoisotopic (exact) mass is 233 g/mol. The fourth-order valence-corrected chi connectivity index (χ4v) is 2.18. The number of hydrogen-bond acceptors (Lipinski definition) is 2. The zero-order valence-electron chi connectivity index (χ0n) is 11.2. The maximum absolute atomic E-state index is 6.02. The van der Waals surface area contributed by atoms with Crippen molar-refractivity contribution < 1.29 is 4.74 Å². The van der Waals surface area contributed by atoms with Gasteiger partial charge in [-0.25, -0.2) is 0 Å². The molecule has 1 N–H and O–H groups in total. The van der Waals surface area contributed by atoms with Gasteiger partial charge < -0.3 is 10.1 Å². The van der Waals surface area contributed by atoms with Gasteiger partial charge in [-0.3, -0.25) is 0 Å². The van der Waals surface area contributed by atoms with Crippen LogP contribution in [-0.2, 0) is 4.74 Å². The highest BCUT2D eigenvalue weighted by molar-refractivity contribution is 5.26. The second-order valence-corrected chi connectivity index (χ2v) is 5.35. The molecule has 2 nitrogen and oxygen atoms in total.